The van der Waals surface area contributed by atoms with E-state index in [-0.39, 0.29) is 19.1 Å². The van der Waals surface area contributed by atoms with Gasteiger partial charge in [-0.05, 0) is 30.0 Å². The Hall–Kier alpha value is -3.15. The topological polar surface area (TPSA) is 75.7 Å². The molecule has 1 heterocycles. The molecule has 1 aliphatic rings. The zero-order valence-electron chi connectivity index (χ0n) is 15.2. The standard InChI is InChI=1S/C21H22N2O4/c1-15-7-5-6-8-16(15)11-12-19(24)22-18(17-9-3-2-4-10-17)13-23-20(25)14-27-21(23)26/h2-10,18H,11-14H2,1H3,(H,22,24). The molecule has 0 aromatic heterocycles. The van der Waals surface area contributed by atoms with Gasteiger partial charge >= 0.3 is 6.09 Å². The molecule has 6 heteroatoms. The third-order valence-electron chi connectivity index (χ3n) is 4.63. The third-order valence-corrected chi connectivity index (χ3v) is 4.63. The second-order valence-electron chi connectivity index (χ2n) is 6.52. The van der Waals surface area contributed by atoms with E-state index < -0.39 is 18.0 Å². The lowest BCUT2D eigenvalue weighted by molar-refractivity contribution is -0.127. The molecule has 0 aliphatic carbocycles. The summed E-state index contributed by atoms with van der Waals surface area (Å²) in [5.74, 6) is -0.526. The van der Waals surface area contributed by atoms with E-state index in [1.807, 2.05) is 61.5 Å². The SMILES string of the molecule is Cc1ccccc1CCC(=O)NC(CN1C(=O)COC1=O)c1ccccc1. The van der Waals surface area contributed by atoms with E-state index in [0.717, 1.165) is 21.6 Å². The maximum Gasteiger partial charge on any atom is 0.417 e. The number of ether oxygens (including phenoxy) is 1. The molecule has 1 fully saturated rings. The molecule has 1 atom stereocenters. The predicted molar refractivity (Wildman–Crippen MR) is 99.9 cm³/mol. The molecule has 1 N–H and O–H groups in total. The van der Waals surface area contributed by atoms with Gasteiger partial charge in [0.1, 0.15) is 0 Å². The van der Waals surface area contributed by atoms with Gasteiger partial charge in [0.25, 0.3) is 5.91 Å². The van der Waals surface area contributed by atoms with Gasteiger partial charge in [0.2, 0.25) is 5.91 Å². The van der Waals surface area contributed by atoms with Gasteiger partial charge in [0.15, 0.2) is 6.61 Å². The van der Waals surface area contributed by atoms with Crippen LogP contribution in [0.5, 0.6) is 0 Å². The minimum Gasteiger partial charge on any atom is -0.439 e. The van der Waals surface area contributed by atoms with E-state index in [9.17, 15) is 14.4 Å². The molecule has 3 rings (SSSR count). The summed E-state index contributed by atoms with van der Waals surface area (Å²) < 4.78 is 4.76. The number of imide groups is 1. The van der Waals surface area contributed by atoms with Crippen molar-refractivity contribution in [3.05, 3.63) is 71.3 Å². The van der Waals surface area contributed by atoms with Gasteiger partial charge in [0, 0.05) is 6.42 Å². The molecule has 27 heavy (non-hydrogen) atoms. The van der Waals surface area contributed by atoms with Crippen LogP contribution in [0.25, 0.3) is 0 Å². The minimum atomic E-state index is -0.671. The molecule has 0 spiro atoms. The first-order valence-electron chi connectivity index (χ1n) is 8.90. The van der Waals surface area contributed by atoms with Crippen molar-refractivity contribution in [3.8, 4) is 0 Å². The second kappa shape index (κ2) is 8.49. The predicted octanol–water partition coefficient (Wildman–Crippen LogP) is 2.76. The summed E-state index contributed by atoms with van der Waals surface area (Å²) in [5, 5.41) is 2.95. The van der Waals surface area contributed by atoms with Crippen LogP contribution in [0.15, 0.2) is 54.6 Å². The van der Waals surface area contributed by atoms with Crippen molar-refractivity contribution in [2.75, 3.05) is 13.2 Å². The molecule has 2 aromatic carbocycles. The summed E-state index contributed by atoms with van der Waals surface area (Å²) in [6.45, 7) is 1.82. The van der Waals surface area contributed by atoms with Crippen molar-refractivity contribution in [1.29, 1.82) is 0 Å². The number of aryl methyl sites for hydroxylation is 2. The molecule has 1 aliphatic heterocycles. The number of hydrogen-bond acceptors (Lipinski definition) is 4. The Bertz CT molecular complexity index is 819. The van der Waals surface area contributed by atoms with Crippen LogP contribution in [-0.4, -0.2) is 36.0 Å². The van der Waals surface area contributed by atoms with Crippen molar-refractivity contribution < 1.29 is 19.1 Å². The normalized spacial score (nSPS) is 14.8. The lowest BCUT2D eigenvalue weighted by Gasteiger charge is -2.23. The van der Waals surface area contributed by atoms with Gasteiger partial charge in [-0.15, -0.1) is 0 Å². The molecule has 0 radical (unpaired) electrons. The van der Waals surface area contributed by atoms with Crippen LogP contribution in [0.3, 0.4) is 0 Å². The largest absolute Gasteiger partial charge is 0.439 e. The van der Waals surface area contributed by atoms with Crippen molar-refractivity contribution in [1.82, 2.24) is 10.2 Å². The second-order valence-corrected chi connectivity index (χ2v) is 6.52. The highest BCUT2D eigenvalue weighted by molar-refractivity contribution is 5.97. The Balaban J connectivity index is 1.67. The quantitative estimate of drug-likeness (QED) is 0.818. The number of hydrogen-bond donors (Lipinski definition) is 1. The lowest BCUT2D eigenvalue weighted by atomic mass is 10.0. The molecule has 0 bridgehead atoms. The highest BCUT2D eigenvalue weighted by Gasteiger charge is 2.33. The van der Waals surface area contributed by atoms with Crippen LogP contribution in [0.4, 0.5) is 4.79 Å². The zero-order valence-corrected chi connectivity index (χ0v) is 15.2. The summed E-state index contributed by atoms with van der Waals surface area (Å²) in [6.07, 6.45) is 0.284. The minimum absolute atomic E-state index is 0.0534. The first-order valence-corrected chi connectivity index (χ1v) is 8.90. The molecule has 6 nitrogen and oxygen atoms in total. The Labute approximate surface area is 158 Å². The van der Waals surface area contributed by atoms with Gasteiger partial charge < -0.3 is 10.1 Å². The number of carbonyl (C=O) groups excluding carboxylic acids is 3. The van der Waals surface area contributed by atoms with E-state index >= 15 is 0 Å². The zero-order chi connectivity index (χ0) is 19.2. The number of cyclic esters (lactones) is 1. The van der Waals surface area contributed by atoms with Crippen LogP contribution in [0.1, 0.15) is 29.2 Å². The summed E-state index contributed by atoms with van der Waals surface area (Å²) in [7, 11) is 0. The van der Waals surface area contributed by atoms with Gasteiger partial charge in [-0.3, -0.25) is 9.59 Å². The average Bonchev–Trinajstić information content (AvgIpc) is 2.99. The molecule has 3 amide bonds. The number of carbonyl (C=O) groups is 3. The van der Waals surface area contributed by atoms with Crippen molar-refractivity contribution in [2.24, 2.45) is 0 Å². The first kappa shape index (κ1) is 18.6. The van der Waals surface area contributed by atoms with Crippen LogP contribution in [0.2, 0.25) is 0 Å². The third kappa shape index (κ3) is 4.73. The van der Waals surface area contributed by atoms with Gasteiger partial charge in [0.05, 0.1) is 12.6 Å². The van der Waals surface area contributed by atoms with Crippen LogP contribution < -0.4 is 5.32 Å². The number of rotatable bonds is 7. The Kier molecular flexibility index (Phi) is 5.86. The van der Waals surface area contributed by atoms with Gasteiger partial charge in [-0.1, -0.05) is 54.6 Å². The van der Waals surface area contributed by atoms with Crippen molar-refractivity contribution in [2.45, 2.75) is 25.8 Å². The molecular formula is C21H22N2O4. The van der Waals surface area contributed by atoms with E-state index in [2.05, 4.69) is 5.32 Å². The van der Waals surface area contributed by atoms with Gasteiger partial charge in [-0.25, -0.2) is 9.69 Å². The fraction of sp³-hybridized carbons (Fsp3) is 0.286. The monoisotopic (exact) mass is 366 g/mol. The molecule has 0 saturated carbocycles. The average molecular weight is 366 g/mol. The van der Waals surface area contributed by atoms with Crippen LogP contribution >= 0.6 is 0 Å². The van der Waals surface area contributed by atoms with Crippen molar-refractivity contribution in [3.63, 3.8) is 0 Å². The van der Waals surface area contributed by atoms with Crippen LogP contribution in [0, 0.1) is 6.92 Å². The summed E-state index contributed by atoms with van der Waals surface area (Å²) >= 11 is 0. The summed E-state index contributed by atoms with van der Waals surface area (Å²) in [5.41, 5.74) is 3.10. The Morgan fingerprint density at radius 1 is 1.11 bits per heavy atom. The van der Waals surface area contributed by atoms with E-state index in [4.69, 9.17) is 4.74 Å². The number of benzene rings is 2. The fourth-order valence-corrected chi connectivity index (χ4v) is 3.07. The molecule has 140 valence electrons. The summed E-state index contributed by atoms with van der Waals surface area (Å²) in [4.78, 5) is 37.2. The molecule has 1 saturated heterocycles. The van der Waals surface area contributed by atoms with E-state index in [1.165, 1.54) is 0 Å². The fourth-order valence-electron chi connectivity index (χ4n) is 3.07. The van der Waals surface area contributed by atoms with Gasteiger partial charge in [-0.2, -0.15) is 0 Å². The Morgan fingerprint density at radius 2 is 1.81 bits per heavy atom. The number of amides is 3. The highest BCUT2D eigenvalue weighted by atomic mass is 16.6. The van der Waals surface area contributed by atoms with E-state index in [0.29, 0.717) is 12.8 Å². The molecule has 2 aromatic rings. The smallest absolute Gasteiger partial charge is 0.417 e. The van der Waals surface area contributed by atoms with Crippen LogP contribution in [-0.2, 0) is 20.7 Å². The maximum atomic E-state index is 12.5. The number of nitrogens with zero attached hydrogens (tertiary/aromatic N) is 1. The highest BCUT2D eigenvalue weighted by Crippen LogP contribution is 2.18. The number of nitrogens with one attached hydrogen (secondary N) is 1. The Morgan fingerprint density at radius 3 is 2.48 bits per heavy atom. The lowest BCUT2D eigenvalue weighted by Crippen LogP contribution is -2.40. The van der Waals surface area contributed by atoms with Crippen molar-refractivity contribution >= 4 is 17.9 Å². The maximum absolute atomic E-state index is 12.5. The van der Waals surface area contributed by atoms with E-state index in [1.54, 1.807) is 0 Å². The first-order chi connectivity index (χ1) is 13.0. The molecular weight excluding hydrogens is 344 g/mol. The molecule has 1 unspecified atom stereocenters. The summed E-state index contributed by atoms with van der Waals surface area (Å²) in [6, 6.07) is 16.8.